The summed E-state index contributed by atoms with van der Waals surface area (Å²) in [6, 6.07) is 5.59. The van der Waals surface area contributed by atoms with Gasteiger partial charge >= 0.3 is 0 Å². The van der Waals surface area contributed by atoms with E-state index in [0.29, 0.717) is 16.6 Å². The lowest BCUT2D eigenvalue weighted by atomic mass is 10.2. The minimum absolute atomic E-state index is 0.559. The normalized spacial score (nSPS) is 10.9. The highest BCUT2D eigenvalue weighted by molar-refractivity contribution is 6.42. The molecule has 0 aliphatic rings. The van der Waals surface area contributed by atoms with E-state index in [4.69, 9.17) is 23.2 Å². The second kappa shape index (κ2) is 6.89. The molecular formula is C13H16Cl2N4. The van der Waals surface area contributed by atoms with Crippen molar-refractivity contribution in [2.24, 2.45) is 0 Å². The Hall–Kier alpha value is -1.10. The molecule has 0 spiro atoms. The van der Waals surface area contributed by atoms with Gasteiger partial charge in [-0.25, -0.2) is 4.68 Å². The first-order valence-electron chi connectivity index (χ1n) is 6.23. The third-order valence-corrected chi connectivity index (χ3v) is 3.54. The topological polar surface area (TPSA) is 42.7 Å². The Morgan fingerprint density at radius 3 is 2.95 bits per heavy atom. The van der Waals surface area contributed by atoms with Crippen LogP contribution < -0.4 is 5.32 Å². The quantitative estimate of drug-likeness (QED) is 0.833. The van der Waals surface area contributed by atoms with Gasteiger partial charge in [0.25, 0.3) is 0 Å². The van der Waals surface area contributed by atoms with Crippen molar-refractivity contribution >= 4 is 23.2 Å². The molecule has 1 aromatic carbocycles. The highest BCUT2D eigenvalue weighted by Crippen LogP contribution is 2.25. The minimum atomic E-state index is 0.559. The summed E-state index contributed by atoms with van der Waals surface area (Å²) < 4.78 is 1.76. The second-order valence-corrected chi connectivity index (χ2v) is 5.08. The third-order valence-electron chi connectivity index (χ3n) is 2.68. The van der Waals surface area contributed by atoms with Crippen molar-refractivity contribution in [3.8, 4) is 0 Å². The summed E-state index contributed by atoms with van der Waals surface area (Å²) in [5, 5.41) is 12.6. The summed E-state index contributed by atoms with van der Waals surface area (Å²) in [6.07, 6.45) is 3.02. The average Bonchev–Trinajstić information content (AvgIpc) is 2.83. The molecule has 1 aromatic heterocycles. The third kappa shape index (κ3) is 3.93. The van der Waals surface area contributed by atoms with Crippen LogP contribution in [0.3, 0.4) is 0 Å². The van der Waals surface area contributed by atoms with Gasteiger partial charge in [-0.2, -0.15) is 0 Å². The first-order chi connectivity index (χ1) is 9.20. The Labute approximate surface area is 122 Å². The summed E-state index contributed by atoms with van der Waals surface area (Å²) in [5.41, 5.74) is 1.86. The molecule has 0 atom stereocenters. The van der Waals surface area contributed by atoms with E-state index < -0.39 is 0 Å². The van der Waals surface area contributed by atoms with Crippen molar-refractivity contribution in [2.75, 3.05) is 6.54 Å². The standard InChI is InChI=1S/C13H16Cl2N4/c1-2-6-16-7-11-9-19(18-17-11)8-10-4-3-5-12(14)13(10)15/h3-5,9,16H,2,6-8H2,1H3. The molecule has 0 unspecified atom stereocenters. The van der Waals surface area contributed by atoms with Gasteiger partial charge in [0.15, 0.2) is 0 Å². The molecule has 0 saturated carbocycles. The van der Waals surface area contributed by atoms with Gasteiger partial charge in [-0.15, -0.1) is 5.10 Å². The Morgan fingerprint density at radius 1 is 1.32 bits per heavy atom. The molecule has 1 N–H and O–H groups in total. The summed E-state index contributed by atoms with van der Waals surface area (Å²) in [7, 11) is 0. The fourth-order valence-corrected chi connectivity index (χ4v) is 2.12. The predicted octanol–water partition coefficient (Wildman–Crippen LogP) is 3.13. The minimum Gasteiger partial charge on any atom is -0.311 e. The van der Waals surface area contributed by atoms with Crippen molar-refractivity contribution in [1.29, 1.82) is 0 Å². The number of halogens is 2. The van der Waals surface area contributed by atoms with E-state index in [9.17, 15) is 0 Å². The van der Waals surface area contributed by atoms with Gasteiger partial charge in [-0.1, -0.05) is 47.5 Å². The molecule has 6 heteroatoms. The maximum Gasteiger partial charge on any atom is 0.0964 e. The highest BCUT2D eigenvalue weighted by Gasteiger charge is 2.06. The molecule has 0 aliphatic heterocycles. The lowest BCUT2D eigenvalue weighted by Crippen LogP contribution is -2.13. The Balaban J connectivity index is 2.01. The van der Waals surface area contributed by atoms with Crippen molar-refractivity contribution in [1.82, 2.24) is 20.3 Å². The number of hydrogen-bond acceptors (Lipinski definition) is 3. The molecule has 0 bridgehead atoms. The van der Waals surface area contributed by atoms with Crippen molar-refractivity contribution < 1.29 is 0 Å². The first kappa shape index (κ1) is 14.3. The van der Waals surface area contributed by atoms with Crippen LogP contribution in [-0.4, -0.2) is 21.5 Å². The highest BCUT2D eigenvalue weighted by atomic mass is 35.5. The number of nitrogens with zero attached hydrogens (tertiary/aromatic N) is 3. The molecule has 0 fully saturated rings. The molecule has 19 heavy (non-hydrogen) atoms. The molecule has 102 valence electrons. The fraction of sp³-hybridized carbons (Fsp3) is 0.385. The maximum absolute atomic E-state index is 6.15. The predicted molar refractivity (Wildman–Crippen MR) is 77.6 cm³/mol. The van der Waals surface area contributed by atoms with Crippen LogP contribution in [0, 0.1) is 0 Å². The Kier molecular flexibility index (Phi) is 5.19. The van der Waals surface area contributed by atoms with Gasteiger partial charge < -0.3 is 5.32 Å². The van der Waals surface area contributed by atoms with Crippen molar-refractivity contribution in [3.05, 3.63) is 45.7 Å². The van der Waals surface area contributed by atoms with E-state index in [-0.39, 0.29) is 0 Å². The van der Waals surface area contributed by atoms with Gasteiger partial charge in [0.05, 0.1) is 28.5 Å². The van der Waals surface area contributed by atoms with Gasteiger partial charge in [-0.05, 0) is 24.6 Å². The fourth-order valence-electron chi connectivity index (χ4n) is 1.74. The SMILES string of the molecule is CCCNCc1cn(Cc2cccc(Cl)c2Cl)nn1. The smallest absolute Gasteiger partial charge is 0.0964 e. The van der Waals surface area contributed by atoms with Crippen LogP contribution in [0.2, 0.25) is 10.0 Å². The second-order valence-electron chi connectivity index (χ2n) is 4.30. The van der Waals surface area contributed by atoms with E-state index in [2.05, 4.69) is 22.6 Å². The van der Waals surface area contributed by atoms with Crippen molar-refractivity contribution in [2.45, 2.75) is 26.4 Å². The maximum atomic E-state index is 6.15. The number of aromatic nitrogens is 3. The molecule has 1 heterocycles. The molecule has 0 saturated heterocycles. The van der Waals surface area contributed by atoms with Crippen LogP contribution in [0.5, 0.6) is 0 Å². The van der Waals surface area contributed by atoms with Gasteiger partial charge in [0.2, 0.25) is 0 Å². The number of rotatable bonds is 6. The monoisotopic (exact) mass is 298 g/mol. The summed E-state index contributed by atoms with van der Waals surface area (Å²) in [6.45, 7) is 4.41. The number of nitrogens with one attached hydrogen (secondary N) is 1. The number of benzene rings is 1. The van der Waals surface area contributed by atoms with Crippen LogP contribution >= 0.6 is 23.2 Å². The van der Waals surface area contributed by atoms with Crippen LogP contribution in [-0.2, 0) is 13.1 Å². The lowest BCUT2D eigenvalue weighted by Gasteiger charge is -2.04. The molecular weight excluding hydrogens is 283 g/mol. The zero-order valence-corrected chi connectivity index (χ0v) is 12.2. The zero-order chi connectivity index (χ0) is 13.7. The molecule has 0 radical (unpaired) electrons. The Bertz CT molecular complexity index is 539. The molecule has 2 aromatic rings. The van der Waals surface area contributed by atoms with E-state index in [0.717, 1.165) is 30.8 Å². The van der Waals surface area contributed by atoms with E-state index in [1.807, 2.05) is 18.3 Å². The Morgan fingerprint density at radius 2 is 2.16 bits per heavy atom. The van der Waals surface area contributed by atoms with Crippen LogP contribution in [0.25, 0.3) is 0 Å². The summed E-state index contributed by atoms with van der Waals surface area (Å²) in [5.74, 6) is 0. The average molecular weight is 299 g/mol. The van der Waals surface area contributed by atoms with E-state index in [1.54, 1.807) is 10.7 Å². The van der Waals surface area contributed by atoms with Crippen LogP contribution in [0.4, 0.5) is 0 Å². The van der Waals surface area contributed by atoms with Crippen LogP contribution in [0.15, 0.2) is 24.4 Å². The van der Waals surface area contributed by atoms with Gasteiger partial charge in [-0.3, -0.25) is 0 Å². The molecule has 2 rings (SSSR count). The lowest BCUT2D eigenvalue weighted by molar-refractivity contribution is 0.645. The zero-order valence-electron chi connectivity index (χ0n) is 10.7. The van der Waals surface area contributed by atoms with E-state index >= 15 is 0 Å². The van der Waals surface area contributed by atoms with Gasteiger partial charge in [0, 0.05) is 6.54 Å². The van der Waals surface area contributed by atoms with Crippen molar-refractivity contribution in [3.63, 3.8) is 0 Å². The molecule has 0 aliphatic carbocycles. The summed E-state index contributed by atoms with van der Waals surface area (Å²) in [4.78, 5) is 0. The van der Waals surface area contributed by atoms with Crippen LogP contribution in [0.1, 0.15) is 24.6 Å². The van der Waals surface area contributed by atoms with Gasteiger partial charge in [0.1, 0.15) is 0 Å². The van der Waals surface area contributed by atoms with E-state index in [1.165, 1.54) is 0 Å². The largest absolute Gasteiger partial charge is 0.311 e. The summed E-state index contributed by atoms with van der Waals surface area (Å²) >= 11 is 12.1. The molecule has 4 nitrogen and oxygen atoms in total. The first-order valence-corrected chi connectivity index (χ1v) is 6.99. The number of hydrogen-bond donors (Lipinski definition) is 1. The molecule has 0 amide bonds.